The van der Waals surface area contributed by atoms with Gasteiger partial charge in [0.25, 0.3) is 5.82 Å². The molecule has 0 saturated heterocycles. The Balaban J connectivity index is 1.75. The molecule has 0 spiro atoms. The number of aryl methyl sites for hydroxylation is 1. The molecule has 32 heavy (non-hydrogen) atoms. The third-order valence-corrected chi connectivity index (χ3v) is 6.38. The van der Waals surface area contributed by atoms with Gasteiger partial charge in [-0.25, -0.2) is 9.13 Å². The summed E-state index contributed by atoms with van der Waals surface area (Å²) in [6, 6.07) is 10.8. The molecule has 0 amide bonds. The molecule has 0 saturated carbocycles. The second-order valence-corrected chi connectivity index (χ2v) is 9.28. The van der Waals surface area contributed by atoms with Crippen LogP contribution in [0.4, 0.5) is 0 Å². The van der Waals surface area contributed by atoms with E-state index in [2.05, 4.69) is 65.7 Å². The minimum absolute atomic E-state index is 0.642. The number of hydrogen-bond donors (Lipinski definition) is 0. The van der Waals surface area contributed by atoms with Crippen molar-refractivity contribution in [1.82, 2.24) is 4.57 Å². The highest BCUT2D eigenvalue weighted by Crippen LogP contribution is 2.17. The lowest BCUT2D eigenvalue weighted by molar-refractivity contribution is -0.722. The molecule has 0 aliphatic rings. The first-order valence-corrected chi connectivity index (χ1v) is 13.6. The maximum atomic E-state index is 6.03. The van der Waals surface area contributed by atoms with Crippen LogP contribution in [0.1, 0.15) is 110 Å². The second kappa shape index (κ2) is 17.9. The third kappa shape index (κ3) is 10.8. The predicted molar refractivity (Wildman–Crippen MR) is 137 cm³/mol. The smallest absolute Gasteiger partial charge is 0.290 e. The van der Waals surface area contributed by atoms with Gasteiger partial charge in [0.1, 0.15) is 12.4 Å². The van der Waals surface area contributed by atoms with Crippen molar-refractivity contribution in [3.05, 3.63) is 42.7 Å². The van der Waals surface area contributed by atoms with Crippen LogP contribution in [0.15, 0.2) is 42.7 Å². The van der Waals surface area contributed by atoms with Gasteiger partial charge in [0.2, 0.25) is 0 Å². The van der Waals surface area contributed by atoms with E-state index >= 15 is 0 Å². The first-order chi connectivity index (χ1) is 15.9. The minimum Gasteiger partial charge on any atom is -0.342 e. The van der Waals surface area contributed by atoms with E-state index in [1.54, 1.807) is 0 Å². The molecule has 0 fully saturated rings. The predicted octanol–water partition coefficient (Wildman–Crippen LogP) is 8.31. The van der Waals surface area contributed by atoms with Crippen molar-refractivity contribution >= 4 is 0 Å². The lowest BCUT2D eigenvalue weighted by atomic mass is 10.1. The van der Waals surface area contributed by atoms with Gasteiger partial charge in [-0.1, -0.05) is 109 Å². The summed E-state index contributed by atoms with van der Waals surface area (Å²) in [7, 11) is 0. The highest BCUT2D eigenvalue weighted by atomic mass is 16.5. The van der Waals surface area contributed by atoms with Gasteiger partial charge >= 0.3 is 0 Å². The monoisotopic (exact) mass is 441 g/mol. The zero-order valence-electron chi connectivity index (χ0n) is 21.1. The Morgan fingerprint density at radius 2 is 1.25 bits per heavy atom. The van der Waals surface area contributed by atoms with Gasteiger partial charge in [0.15, 0.2) is 6.73 Å². The van der Waals surface area contributed by atoms with Gasteiger partial charge < -0.3 is 4.74 Å². The van der Waals surface area contributed by atoms with Crippen molar-refractivity contribution in [3.63, 3.8) is 0 Å². The molecule has 0 N–H and O–H groups in total. The Labute approximate surface area is 198 Å². The standard InChI is InChI=1S/C29H49N2O/c1-3-5-7-9-10-11-12-13-14-19-23-30-24-25-31(27-32-26-20-15-8-6-4-2)29(30)28-21-17-16-18-22-28/h16-18,21-22,24-25H,3-15,19-20,23,26-27H2,1-2H3/q+1. The lowest BCUT2D eigenvalue weighted by Gasteiger charge is -2.07. The largest absolute Gasteiger partial charge is 0.342 e. The summed E-state index contributed by atoms with van der Waals surface area (Å²) in [6.45, 7) is 7.14. The average molecular weight is 442 g/mol. The summed E-state index contributed by atoms with van der Waals surface area (Å²) in [5, 5.41) is 0. The van der Waals surface area contributed by atoms with Crippen molar-refractivity contribution < 1.29 is 9.30 Å². The van der Waals surface area contributed by atoms with E-state index in [0.29, 0.717) is 6.73 Å². The summed E-state index contributed by atoms with van der Waals surface area (Å²) in [6.07, 6.45) is 24.6. The SMILES string of the molecule is CCCCCCCCCCCCn1cc[n+](COCCCCCCC)c1-c1ccccc1. The van der Waals surface area contributed by atoms with E-state index in [4.69, 9.17) is 4.74 Å². The molecule has 180 valence electrons. The van der Waals surface area contributed by atoms with Crippen LogP contribution in [0, 0.1) is 0 Å². The van der Waals surface area contributed by atoms with E-state index in [-0.39, 0.29) is 0 Å². The zero-order valence-corrected chi connectivity index (χ0v) is 21.1. The summed E-state index contributed by atoms with van der Waals surface area (Å²) in [5.41, 5.74) is 1.27. The molecule has 3 heteroatoms. The fourth-order valence-electron chi connectivity index (χ4n) is 4.41. The molecule has 0 aliphatic heterocycles. The van der Waals surface area contributed by atoms with Gasteiger partial charge in [-0.05, 0) is 31.4 Å². The van der Waals surface area contributed by atoms with Crippen molar-refractivity contribution in [2.75, 3.05) is 6.61 Å². The van der Waals surface area contributed by atoms with E-state index in [0.717, 1.165) is 13.2 Å². The molecule has 2 aromatic rings. The van der Waals surface area contributed by atoms with Gasteiger partial charge in [-0.15, -0.1) is 0 Å². The Morgan fingerprint density at radius 1 is 0.688 bits per heavy atom. The number of ether oxygens (including phenoxy) is 1. The molecule has 1 heterocycles. The highest BCUT2D eigenvalue weighted by Gasteiger charge is 2.19. The molecule has 0 atom stereocenters. The van der Waals surface area contributed by atoms with Crippen LogP contribution in [0.25, 0.3) is 11.4 Å². The van der Waals surface area contributed by atoms with Crippen LogP contribution in [0.2, 0.25) is 0 Å². The third-order valence-electron chi connectivity index (χ3n) is 6.38. The van der Waals surface area contributed by atoms with Crippen LogP contribution in [0.5, 0.6) is 0 Å². The van der Waals surface area contributed by atoms with Crippen molar-refractivity contribution in [1.29, 1.82) is 0 Å². The van der Waals surface area contributed by atoms with Crippen LogP contribution in [-0.2, 0) is 18.0 Å². The summed E-state index contributed by atoms with van der Waals surface area (Å²) in [4.78, 5) is 0. The zero-order chi connectivity index (χ0) is 22.7. The van der Waals surface area contributed by atoms with E-state index in [1.165, 1.54) is 108 Å². The number of imidazole rings is 1. The minimum atomic E-state index is 0.642. The van der Waals surface area contributed by atoms with Crippen molar-refractivity contribution in [2.24, 2.45) is 0 Å². The van der Waals surface area contributed by atoms with Crippen LogP contribution in [0.3, 0.4) is 0 Å². The summed E-state index contributed by atoms with van der Waals surface area (Å²) >= 11 is 0. The number of benzene rings is 1. The van der Waals surface area contributed by atoms with Crippen LogP contribution in [-0.4, -0.2) is 11.2 Å². The number of aromatic nitrogens is 2. The number of nitrogens with zero attached hydrogens (tertiary/aromatic N) is 2. The topological polar surface area (TPSA) is 18.0 Å². The Kier molecular flexibility index (Phi) is 14.9. The molecule has 1 aromatic heterocycles. The molecule has 2 rings (SSSR count). The van der Waals surface area contributed by atoms with E-state index in [1.807, 2.05) is 0 Å². The fourth-order valence-corrected chi connectivity index (χ4v) is 4.41. The first-order valence-electron chi connectivity index (χ1n) is 13.6. The Morgan fingerprint density at radius 3 is 1.88 bits per heavy atom. The Hall–Kier alpha value is -1.61. The second-order valence-electron chi connectivity index (χ2n) is 9.28. The Bertz CT molecular complexity index is 680. The van der Waals surface area contributed by atoms with Crippen LogP contribution >= 0.6 is 0 Å². The molecule has 0 radical (unpaired) electrons. The maximum Gasteiger partial charge on any atom is 0.290 e. The molecule has 1 aromatic carbocycles. The first kappa shape index (κ1) is 26.6. The molecule has 3 nitrogen and oxygen atoms in total. The average Bonchev–Trinajstić information content (AvgIpc) is 3.23. The quantitative estimate of drug-likeness (QED) is 0.149. The highest BCUT2D eigenvalue weighted by molar-refractivity contribution is 5.52. The molecular formula is C29H49N2O+. The van der Waals surface area contributed by atoms with E-state index in [9.17, 15) is 0 Å². The van der Waals surface area contributed by atoms with E-state index < -0.39 is 0 Å². The van der Waals surface area contributed by atoms with Gasteiger partial charge in [0, 0.05) is 0 Å². The van der Waals surface area contributed by atoms with Crippen molar-refractivity contribution in [3.8, 4) is 11.4 Å². The number of rotatable bonds is 20. The fraction of sp³-hybridized carbons (Fsp3) is 0.690. The maximum absolute atomic E-state index is 6.03. The van der Waals surface area contributed by atoms with Gasteiger partial charge in [-0.3, -0.25) is 0 Å². The van der Waals surface area contributed by atoms with Gasteiger partial charge in [-0.2, -0.15) is 0 Å². The number of unbranched alkanes of at least 4 members (excludes halogenated alkanes) is 13. The van der Waals surface area contributed by atoms with Gasteiger partial charge in [0.05, 0.1) is 18.7 Å². The molecule has 0 aliphatic carbocycles. The number of hydrogen-bond acceptors (Lipinski definition) is 1. The molecule has 0 bridgehead atoms. The molecular weight excluding hydrogens is 392 g/mol. The summed E-state index contributed by atoms with van der Waals surface area (Å²) < 4.78 is 10.7. The summed E-state index contributed by atoms with van der Waals surface area (Å²) in [5.74, 6) is 1.27. The van der Waals surface area contributed by atoms with Crippen molar-refractivity contribution in [2.45, 2.75) is 123 Å². The lowest BCUT2D eigenvalue weighted by Crippen LogP contribution is -2.36. The normalized spacial score (nSPS) is 11.3. The van der Waals surface area contributed by atoms with Crippen LogP contribution < -0.4 is 4.57 Å². The molecule has 0 unspecified atom stereocenters.